The van der Waals surface area contributed by atoms with Crippen LogP contribution >= 0.6 is 15.9 Å². The fourth-order valence-corrected chi connectivity index (χ4v) is 2.41. The highest BCUT2D eigenvalue weighted by molar-refractivity contribution is 9.10. The molecular formula is C16H12BrF3O. The van der Waals surface area contributed by atoms with Gasteiger partial charge in [0.25, 0.3) is 0 Å². The van der Waals surface area contributed by atoms with Crippen molar-refractivity contribution in [2.24, 2.45) is 0 Å². The van der Waals surface area contributed by atoms with Crippen LogP contribution in [-0.2, 0) is 12.6 Å². The number of aryl methyl sites for hydroxylation is 1. The Morgan fingerprint density at radius 2 is 1.62 bits per heavy atom. The molecule has 2 rings (SSSR count). The van der Waals surface area contributed by atoms with E-state index in [2.05, 4.69) is 15.9 Å². The summed E-state index contributed by atoms with van der Waals surface area (Å²) in [5.74, 6) is -0.421. The van der Waals surface area contributed by atoms with Gasteiger partial charge in [-0.1, -0.05) is 47.1 Å². The maximum absolute atomic E-state index is 12.9. The number of rotatable bonds is 3. The highest BCUT2D eigenvalue weighted by Crippen LogP contribution is 2.35. The van der Waals surface area contributed by atoms with Crippen molar-refractivity contribution in [1.82, 2.24) is 0 Å². The van der Waals surface area contributed by atoms with Crippen LogP contribution in [0.1, 0.15) is 34.0 Å². The predicted octanol–water partition coefficient (Wildman–Crippen LogP) is 5.26. The van der Waals surface area contributed by atoms with Crippen LogP contribution in [-0.4, -0.2) is 5.78 Å². The third kappa shape index (κ3) is 3.53. The lowest BCUT2D eigenvalue weighted by molar-refractivity contribution is -0.138. The number of benzene rings is 2. The average Bonchev–Trinajstić information content (AvgIpc) is 2.46. The summed E-state index contributed by atoms with van der Waals surface area (Å²) < 4.78 is 38.5. The lowest BCUT2D eigenvalue weighted by Crippen LogP contribution is -2.09. The highest BCUT2D eigenvalue weighted by Gasteiger charge is 2.33. The van der Waals surface area contributed by atoms with Crippen LogP contribution in [0.2, 0.25) is 0 Å². The molecule has 2 aromatic carbocycles. The van der Waals surface area contributed by atoms with Crippen LogP contribution in [0, 0.1) is 0 Å². The summed E-state index contributed by atoms with van der Waals surface area (Å²) in [6.45, 7) is 1.99. The summed E-state index contributed by atoms with van der Waals surface area (Å²) in [4.78, 5) is 12.3. The number of carbonyl (C=O) groups excluding carboxylic acids is 1. The number of halogens is 4. The second-order valence-corrected chi connectivity index (χ2v) is 5.43. The zero-order chi connectivity index (χ0) is 15.6. The largest absolute Gasteiger partial charge is 0.417 e. The van der Waals surface area contributed by atoms with E-state index >= 15 is 0 Å². The third-order valence-electron chi connectivity index (χ3n) is 3.16. The van der Waals surface area contributed by atoms with Gasteiger partial charge in [-0.2, -0.15) is 13.2 Å². The Morgan fingerprint density at radius 3 is 2.14 bits per heavy atom. The zero-order valence-electron chi connectivity index (χ0n) is 11.2. The van der Waals surface area contributed by atoms with E-state index in [4.69, 9.17) is 0 Å². The minimum atomic E-state index is -4.50. The lowest BCUT2D eigenvalue weighted by atomic mass is 10.00. The van der Waals surface area contributed by atoms with Gasteiger partial charge < -0.3 is 0 Å². The van der Waals surface area contributed by atoms with E-state index in [9.17, 15) is 18.0 Å². The Kier molecular flexibility index (Phi) is 4.52. The number of alkyl halides is 3. The van der Waals surface area contributed by atoms with Crippen LogP contribution in [0.15, 0.2) is 46.9 Å². The van der Waals surface area contributed by atoms with Gasteiger partial charge in [-0.15, -0.1) is 0 Å². The molecule has 0 aromatic heterocycles. The molecule has 0 heterocycles. The average molecular weight is 357 g/mol. The van der Waals surface area contributed by atoms with Gasteiger partial charge >= 0.3 is 6.18 Å². The second-order valence-electron chi connectivity index (χ2n) is 4.57. The molecule has 0 spiro atoms. The Labute approximate surface area is 128 Å². The standard InChI is InChI=1S/C16H12BrF3O/c1-2-10-3-5-11(6-4-10)15(21)12-7-8-14(17)13(9-12)16(18,19)20/h3-9H,2H2,1H3. The van der Waals surface area contributed by atoms with Crippen molar-refractivity contribution in [3.05, 3.63) is 69.2 Å². The van der Waals surface area contributed by atoms with E-state index in [1.165, 1.54) is 12.1 Å². The van der Waals surface area contributed by atoms with E-state index in [1.807, 2.05) is 6.92 Å². The van der Waals surface area contributed by atoms with E-state index in [0.29, 0.717) is 5.56 Å². The summed E-state index contributed by atoms with van der Waals surface area (Å²) in [6.07, 6.45) is -3.66. The Morgan fingerprint density at radius 1 is 1.05 bits per heavy atom. The molecule has 0 bridgehead atoms. The van der Waals surface area contributed by atoms with Crippen molar-refractivity contribution >= 4 is 21.7 Å². The van der Waals surface area contributed by atoms with E-state index in [1.54, 1.807) is 24.3 Å². The molecule has 0 saturated carbocycles. The van der Waals surface area contributed by atoms with E-state index in [0.717, 1.165) is 18.1 Å². The van der Waals surface area contributed by atoms with E-state index < -0.39 is 17.5 Å². The van der Waals surface area contributed by atoms with Crippen molar-refractivity contribution in [1.29, 1.82) is 0 Å². The van der Waals surface area contributed by atoms with Crippen LogP contribution in [0.4, 0.5) is 13.2 Å². The van der Waals surface area contributed by atoms with Crippen molar-refractivity contribution in [2.45, 2.75) is 19.5 Å². The Hall–Kier alpha value is -1.62. The van der Waals surface area contributed by atoms with Crippen molar-refractivity contribution < 1.29 is 18.0 Å². The minimum Gasteiger partial charge on any atom is -0.289 e. The number of hydrogen-bond donors (Lipinski definition) is 0. The normalized spacial score (nSPS) is 11.5. The molecule has 0 amide bonds. The molecular weight excluding hydrogens is 345 g/mol. The van der Waals surface area contributed by atoms with Crippen LogP contribution in [0.25, 0.3) is 0 Å². The Bertz CT molecular complexity index is 660. The van der Waals surface area contributed by atoms with Gasteiger partial charge in [0.15, 0.2) is 5.78 Å². The maximum Gasteiger partial charge on any atom is 0.417 e. The molecule has 0 saturated heterocycles. The first-order valence-corrected chi connectivity index (χ1v) is 7.12. The first-order chi connectivity index (χ1) is 9.82. The van der Waals surface area contributed by atoms with Crippen molar-refractivity contribution in [3.8, 4) is 0 Å². The van der Waals surface area contributed by atoms with Gasteiger partial charge in [0.05, 0.1) is 5.56 Å². The number of ketones is 1. The third-order valence-corrected chi connectivity index (χ3v) is 3.85. The molecule has 110 valence electrons. The topological polar surface area (TPSA) is 17.1 Å². The van der Waals surface area contributed by atoms with Gasteiger partial charge in [-0.25, -0.2) is 0 Å². The first kappa shape index (κ1) is 15.8. The van der Waals surface area contributed by atoms with Crippen LogP contribution in [0.3, 0.4) is 0 Å². The van der Waals surface area contributed by atoms with Gasteiger partial charge in [0.1, 0.15) is 0 Å². The molecule has 1 nitrogen and oxygen atoms in total. The molecule has 0 radical (unpaired) electrons. The van der Waals surface area contributed by atoms with E-state index in [-0.39, 0.29) is 10.0 Å². The van der Waals surface area contributed by atoms with Crippen molar-refractivity contribution in [2.75, 3.05) is 0 Å². The fourth-order valence-electron chi connectivity index (χ4n) is 1.94. The molecule has 2 aromatic rings. The first-order valence-electron chi connectivity index (χ1n) is 6.33. The summed E-state index contributed by atoms with van der Waals surface area (Å²) in [5.41, 5.74) is 0.620. The van der Waals surface area contributed by atoms with Crippen LogP contribution < -0.4 is 0 Å². The molecule has 0 aliphatic rings. The van der Waals surface area contributed by atoms with Gasteiger partial charge in [-0.05, 0) is 30.2 Å². The number of carbonyl (C=O) groups is 1. The van der Waals surface area contributed by atoms with Crippen LogP contribution in [0.5, 0.6) is 0 Å². The highest BCUT2D eigenvalue weighted by atomic mass is 79.9. The smallest absolute Gasteiger partial charge is 0.289 e. The molecule has 0 fully saturated rings. The second kappa shape index (κ2) is 6.02. The summed E-state index contributed by atoms with van der Waals surface area (Å²) >= 11 is 2.86. The summed E-state index contributed by atoms with van der Waals surface area (Å²) in [5, 5.41) is 0. The number of hydrogen-bond acceptors (Lipinski definition) is 1. The molecule has 0 atom stereocenters. The Balaban J connectivity index is 2.39. The molecule has 0 aliphatic carbocycles. The van der Waals surface area contributed by atoms with Gasteiger partial charge in [0.2, 0.25) is 0 Å². The molecule has 0 unspecified atom stereocenters. The zero-order valence-corrected chi connectivity index (χ0v) is 12.8. The molecule has 21 heavy (non-hydrogen) atoms. The van der Waals surface area contributed by atoms with Gasteiger partial charge in [-0.3, -0.25) is 4.79 Å². The summed E-state index contributed by atoms with van der Waals surface area (Å²) in [7, 11) is 0. The monoisotopic (exact) mass is 356 g/mol. The fraction of sp³-hybridized carbons (Fsp3) is 0.188. The molecule has 5 heteroatoms. The molecule has 0 N–H and O–H groups in total. The quantitative estimate of drug-likeness (QED) is 0.685. The van der Waals surface area contributed by atoms with Gasteiger partial charge in [0, 0.05) is 15.6 Å². The maximum atomic E-state index is 12.9. The SMILES string of the molecule is CCc1ccc(C(=O)c2ccc(Br)c(C(F)(F)F)c2)cc1. The van der Waals surface area contributed by atoms with Crippen molar-refractivity contribution in [3.63, 3.8) is 0 Å². The molecule has 0 aliphatic heterocycles. The predicted molar refractivity (Wildman–Crippen MR) is 78.4 cm³/mol. The summed E-state index contributed by atoms with van der Waals surface area (Å²) in [6, 6.07) is 10.4. The lowest BCUT2D eigenvalue weighted by Gasteiger charge is -2.11. The minimum absolute atomic E-state index is 0.0229.